The van der Waals surface area contributed by atoms with Crippen LogP contribution in [0.2, 0.25) is 0 Å². The summed E-state index contributed by atoms with van der Waals surface area (Å²) in [5.74, 6) is -1.46. The molecule has 0 atom stereocenters. The summed E-state index contributed by atoms with van der Waals surface area (Å²) in [7, 11) is 0. The first kappa shape index (κ1) is 24.6. The lowest BCUT2D eigenvalue weighted by Gasteiger charge is -2.29. The average molecular weight is 552 g/mol. The Morgan fingerprint density at radius 2 is 1.80 bits per heavy atom. The van der Waals surface area contributed by atoms with Crippen LogP contribution in [0, 0.1) is 13.8 Å². The number of rotatable bonds is 5. The normalized spacial score (nSPS) is 14.9. The number of nitrogens with zero attached hydrogens (tertiary/aromatic N) is 2. The van der Waals surface area contributed by atoms with Crippen molar-refractivity contribution < 1.29 is 19.1 Å². The molecule has 0 saturated carbocycles. The average Bonchev–Trinajstić information content (AvgIpc) is 3.09. The lowest BCUT2D eigenvalue weighted by atomic mass is 10.1. The lowest BCUT2D eigenvalue weighted by molar-refractivity contribution is -0.122. The second-order valence-corrected chi connectivity index (χ2v) is 9.17. The number of benzene rings is 2. The van der Waals surface area contributed by atoms with E-state index in [2.05, 4.69) is 21.2 Å². The Labute approximate surface area is 216 Å². The number of aryl methyl sites for hydroxylation is 1. The zero-order valence-corrected chi connectivity index (χ0v) is 21.7. The van der Waals surface area contributed by atoms with Crippen LogP contribution in [0.15, 0.2) is 64.6 Å². The van der Waals surface area contributed by atoms with Gasteiger partial charge in [-0.15, -0.1) is 0 Å². The summed E-state index contributed by atoms with van der Waals surface area (Å²) >= 11 is 8.68. The second kappa shape index (κ2) is 9.97. The molecule has 4 rings (SSSR count). The highest BCUT2D eigenvalue weighted by molar-refractivity contribution is 9.10. The van der Waals surface area contributed by atoms with Crippen molar-refractivity contribution in [2.45, 2.75) is 20.8 Å². The van der Waals surface area contributed by atoms with Gasteiger partial charge in [0.15, 0.2) is 5.11 Å². The molecule has 0 spiro atoms. The van der Waals surface area contributed by atoms with Crippen molar-refractivity contribution in [3.05, 3.63) is 87.2 Å². The van der Waals surface area contributed by atoms with Gasteiger partial charge in [-0.3, -0.25) is 19.8 Å². The van der Waals surface area contributed by atoms with Gasteiger partial charge in [0.2, 0.25) is 0 Å². The predicted octanol–water partition coefficient (Wildman–Crippen LogP) is 4.86. The number of ether oxygens (including phenoxy) is 1. The number of nitrogens with one attached hydrogen (secondary N) is 1. The van der Waals surface area contributed by atoms with Crippen LogP contribution in [-0.4, -0.2) is 34.1 Å². The number of aromatic nitrogens is 1. The van der Waals surface area contributed by atoms with E-state index in [0.29, 0.717) is 23.4 Å². The zero-order valence-electron chi connectivity index (χ0n) is 19.3. The minimum Gasteiger partial charge on any atom is -0.462 e. The Bertz CT molecular complexity index is 1410. The molecule has 2 heterocycles. The molecule has 9 heteroatoms. The van der Waals surface area contributed by atoms with Crippen molar-refractivity contribution in [1.82, 2.24) is 9.88 Å². The summed E-state index contributed by atoms with van der Waals surface area (Å²) < 4.78 is 7.85. The van der Waals surface area contributed by atoms with E-state index < -0.39 is 17.8 Å². The third kappa shape index (κ3) is 4.82. The summed E-state index contributed by atoms with van der Waals surface area (Å²) in [6, 6.07) is 16.1. The summed E-state index contributed by atoms with van der Waals surface area (Å²) in [5.41, 5.74) is 4.10. The molecule has 0 radical (unpaired) electrons. The van der Waals surface area contributed by atoms with Gasteiger partial charge >= 0.3 is 5.97 Å². The standard InChI is InChI=1S/C26H22BrN3O4S/c1-4-34-25(33)17-7-5-9-20(12-17)29-15(2)11-18(16(29)3)13-22-23(31)28-26(35)30(24(22)32)21-10-6-8-19(27)14-21/h5-14H,4H2,1-3H3,(H,28,31,35)/b22-13+. The summed E-state index contributed by atoms with van der Waals surface area (Å²) in [6.45, 7) is 5.85. The Balaban J connectivity index is 1.74. The van der Waals surface area contributed by atoms with E-state index in [1.807, 2.05) is 36.6 Å². The van der Waals surface area contributed by atoms with Gasteiger partial charge in [-0.1, -0.05) is 28.1 Å². The Kier molecular flexibility index (Phi) is 7.00. The van der Waals surface area contributed by atoms with Gasteiger partial charge in [0.25, 0.3) is 11.8 Å². The molecule has 1 aliphatic heterocycles. The second-order valence-electron chi connectivity index (χ2n) is 7.87. The van der Waals surface area contributed by atoms with E-state index in [9.17, 15) is 14.4 Å². The van der Waals surface area contributed by atoms with Crippen LogP contribution in [0.4, 0.5) is 5.69 Å². The molecule has 0 aliphatic carbocycles. The number of thiocarbonyl (C=S) groups is 1. The van der Waals surface area contributed by atoms with Gasteiger partial charge in [-0.25, -0.2) is 4.79 Å². The molecule has 2 amide bonds. The molecule has 3 aromatic rings. The number of halogens is 1. The highest BCUT2D eigenvalue weighted by Crippen LogP contribution is 2.27. The Hall–Kier alpha value is -3.56. The summed E-state index contributed by atoms with van der Waals surface area (Å²) in [5, 5.41) is 2.63. The monoisotopic (exact) mass is 551 g/mol. The molecular formula is C26H22BrN3O4S. The molecule has 1 N–H and O–H groups in total. The summed E-state index contributed by atoms with van der Waals surface area (Å²) in [6.07, 6.45) is 1.57. The van der Waals surface area contributed by atoms with Gasteiger partial charge < -0.3 is 9.30 Å². The zero-order chi connectivity index (χ0) is 25.3. The first-order valence-electron chi connectivity index (χ1n) is 10.8. The molecule has 35 heavy (non-hydrogen) atoms. The minimum absolute atomic E-state index is 0.0245. The number of carbonyl (C=O) groups is 3. The van der Waals surface area contributed by atoms with Crippen LogP contribution in [-0.2, 0) is 14.3 Å². The van der Waals surface area contributed by atoms with Crippen LogP contribution in [0.5, 0.6) is 0 Å². The van der Waals surface area contributed by atoms with Gasteiger partial charge in [0.05, 0.1) is 17.9 Å². The highest BCUT2D eigenvalue weighted by Gasteiger charge is 2.34. The van der Waals surface area contributed by atoms with Crippen LogP contribution < -0.4 is 10.2 Å². The Morgan fingerprint density at radius 1 is 1.09 bits per heavy atom. The molecule has 7 nitrogen and oxygen atoms in total. The molecule has 1 aromatic heterocycles. The number of hydrogen-bond donors (Lipinski definition) is 1. The fourth-order valence-corrected chi connectivity index (χ4v) is 4.65. The predicted molar refractivity (Wildman–Crippen MR) is 142 cm³/mol. The molecule has 1 aliphatic rings. The van der Waals surface area contributed by atoms with Gasteiger partial charge in [0, 0.05) is 21.5 Å². The van der Waals surface area contributed by atoms with Crippen LogP contribution in [0.1, 0.15) is 34.2 Å². The number of amides is 2. The topological polar surface area (TPSA) is 80.6 Å². The van der Waals surface area contributed by atoms with E-state index >= 15 is 0 Å². The number of anilines is 1. The third-order valence-corrected chi connectivity index (χ3v) is 6.33. The van der Waals surface area contributed by atoms with Crippen molar-refractivity contribution in [1.29, 1.82) is 0 Å². The first-order valence-corrected chi connectivity index (χ1v) is 12.0. The van der Waals surface area contributed by atoms with Crippen LogP contribution >= 0.6 is 28.1 Å². The summed E-state index contributed by atoms with van der Waals surface area (Å²) in [4.78, 5) is 39.6. The fraction of sp³-hybridized carbons (Fsp3) is 0.154. The maximum atomic E-state index is 13.4. The van der Waals surface area contributed by atoms with Crippen molar-refractivity contribution in [2.24, 2.45) is 0 Å². The van der Waals surface area contributed by atoms with E-state index in [-0.39, 0.29) is 10.7 Å². The number of hydrogen-bond acceptors (Lipinski definition) is 5. The van der Waals surface area contributed by atoms with E-state index in [4.69, 9.17) is 17.0 Å². The fourth-order valence-electron chi connectivity index (χ4n) is 3.98. The molecule has 1 saturated heterocycles. The molecular weight excluding hydrogens is 530 g/mol. The van der Waals surface area contributed by atoms with Gasteiger partial charge in [0.1, 0.15) is 5.57 Å². The van der Waals surface area contributed by atoms with Gasteiger partial charge in [-0.2, -0.15) is 0 Å². The van der Waals surface area contributed by atoms with Crippen molar-refractivity contribution >= 4 is 62.8 Å². The first-order chi connectivity index (χ1) is 16.7. The van der Waals surface area contributed by atoms with Crippen molar-refractivity contribution in [3.8, 4) is 5.69 Å². The maximum Gasteiger partial charge on any atom is 0.338 e. The number of esters is 1. The van der Waals surface area contributed by atoms with Crippen LogP contribution in [0.3, 0.4) is 0 Å². The van der Waals surface area contributed by atoms with Crippen LogP contribution in [0.25, 0.3) is 11.8 Å². The van der Waals surface area contributed by atoms with Gasteiger partial charge in [-0.05, 0) is 87.1 Å². The van der Waals surface area contributed by atoms with Crippen molar-refractivity contribution in [3.63, 3.8) is 0 Å². The Morgan fingerprint density at radius 3 is 2.51 bits per heavy atom. The van der Waals surface area contributed by atoms with E-state index in [0.717, 1.165) is 21.5 Å². The highest BCUT2D eigenvalue weighted by atomic mass is 79.9. The van der Waals surface area contributed by atoms with Crippen molar-refractivity contribution in [2.75, 3.05) is 11.5 Å². The smallest absolute Gasteiger partial charge is 0.338 e. The SMILES string of the molecule is CCOC(=O)c1cccc(-n2c(C)cc(/C=C3\C(=O)NC(=S)N(c4cccc(Br)c4)C3=O)c2C)c1. The van der Waals surface area contributed by atoms with E-state index in [1.54, 1.807) is 49.4 Å². The molecule has 0 unspecified atom stereocenters. The quantitative estimate of drug-likeness (QED) is 0.212. The third-order valence-electron chi connectivity index (χ3n) is 5.55. The molecule has 0 bridgehead atoms. The molecule has 1 fully saturated rings. The maximum absolute atomic E-state index is 13.4. The molecule has 178 valence electrons. The van der Waals surface area contributed by atoms with E-state index in [1.165, 1.54) is 4.90 Å². The number of carbonyl (C=O) groups excluding carboxylic acids is 3. The largest absolute Gasteiger partial charge is 0.462 e. The molecule has 2 aromatic carbocycles. The lowest BCUT2D eigenvalue weighted by Crippen LogP contribution is -2.54. The minimum atomic E-state index is -0.555.